The van der Waals surface area contributed by atoms with Crippen LogP contribution in [0.4, 0.5) is 0 Å². The van der Waals surface area contributed by atoms with Crippen LogP contribution in [0.3, 0.4) is 0 Å². The van der Waals surface area contributed by atoms with E-state index in [4.69, 9.17) is 16.0 Å². The molecule has 0 fully saturated rings. The van der Waals surface area contributed by atoms with Crippen molar-refractivity contribution in [3.05, 3.63) is 70.9 Å². The Labute approximate surface area is 159 Å². The van der Waals surface area contributed by atoms with Gasteiger partial charge >= 0.3 is 0 Å². The van der Waals surface area contributed by atoms with Gasteiger partial charge < -0.3 is 9.73 Å². The lowest BCUT2D eigenvalue weighted by molar-refractivity contribution is -0.120. The first-order valence-electron chi connectivity index (χ1n) is 8.00. The summed E-state index contributed by atoms with van der Waals surface area (Å²) in [6, 6.07) is 12.5. The summed E-state index contributed by atoms with van der Waals surface area (Å²) >= 11 is 6.37. The second-order valence-electron chi connectivity index (χ2n) is 5.49. The number of hydrogen-bond acceptors (Lipinski definition) is 5. The molecule has 2 aromatic heterocycles. The highest BCUT2D eigenvalue weighted by atomic mass is 35.5. The van der Waals surface area contributed by atoms with Gasteiger partial charge in [-0.2, -0.15) is 10.2 Å². The van der Waals surface area contributed by atoms with Crippen molar-refractivity contribution in [2.75, 3.05) is 6.54 Å². The van der Waals surface area contributed by atoms with Gasteiger partial charge in [0.1, 0.15) is 5.15 Å². The lowest BCUT2D eigenvalue weighted by atomic mass is 10.3. The van der Waals surface area contributed by atoms with Crippen LogP contribution in [0, 0.1) is 6.92 Å². The van der Waals surface area contributed by atoms with Crippen LogP contribution in [0.2, 0.25) is 5.15 Å². The molecule has 3 aromatic rings. The topological polar surface area (TPSA) is 102 Å². The van der Waals surface area contributed by atoms with Gasteiger partial charge in [-0.05, 0) is 31.2 Å². The van der Waals surface area contributed by atoms with Crippen LogP contribution < -0.4 is 10.7 Å². The van der Waals surface area contributed by atoms with Crippen LogP contribution in [-0.4, -0.2) is 34.4 Å². The van der Waals surface area contributed by atoms with Crippen molar-refractivity contribution >= 4 is 29.6 Å². The smallest absolute Gasteiger partial charge is 0.287 e. The molecule has 2 amide bonds. The number of aryl methyl sites for hydroxylation is 1. The number of amides is 2. The summed E-state index contributed by atoms with van der Waals surface area (Å²) in [4.78, 5) is 23.5. The maximum Gasteiger partial charge on any atom is 0.287 e. The minimum absolute atomic E-state index is 0.127. The van der Waals surface area contributed by atoms with Crippen molar-refractivity contribution in [2.24, 2.45) is 5.10 Å². The number of halogens is 1. The third kappa shape index (κ3) is 4.42. The third-order valence-corrected chi connectivity index (χ3v) is 3.95. The van der Waals surface area contributed by atoms with Crippen LogP contribution in [-0.2, 0) is 4.79 Å². The molecule has 2 N–H and O–H groups in total. The molecule has 2 heterocycles. The quantitative estimate of drug-likeness (QED) is 0.502. The summed E-state index contributed by atoms with van der Waals surface area (Å²) in [6.45, 7) is 1.55. The Kier molecular flexibility index (Phi) is 5.68. The van der Waals surface area contributed by atoms with E-state index in [0.29, 0.717) is 16.4 Å². The molecule has 0 spiro atoms. The van der Waals surface area contributed by atoms with Crippen LogP contribution in [0.1, 0.15) is 21.8 Å². The first-order chi connectivity index (χ1) is 13.1. The number of benzene rings is 1. The first kappa shape index (κ1) is 18.4. The molecule has 27 heavy (non-hydrogen) atoms. The van der Waals surface area contributed by atoms with Gasteiger partial charge in [0, 0.05) is 0 Å². The second-order valence-corrected chi connectivity index (χ2v) is 5.85. The van der Waals surface area contributed by atoms with E-state index in [9.17, 15) is 9.59 Å². The number of para-hydroxylation sites is 1. The van der Waals surface area contributed by atoms with Crippen molar-refractivity contribution < 1.29 is 14.0 Å². The van der Waals surface area contributed by atoms with Crippen molar-refractivity contribution in [1.29, 1.82) is 0 Å². The van der Waals surface area contributed by atoms with Crippen molar-refractivity contribution in [1.82, 2.24) is 20.5 Å². The van der Waals surface area contributed by atoms with Gasteiger partial charge in [0.15, 0.2) is 5.76 Å². The summed E-state index contributed by atoms with van der Waals surface area (Å²) in [7, 11) is 0. The molecular weight excluding hydrogens is 370 g/mol. The standard InChI is InChI=1S/C18H16ClN5O3/c1-12-14(17(19)24(23-12)13-6-3-2-4-7-13)10-21-22-16(25)11-20-18(26)15-8-5-9-27-15/h2-10H,11H2,1H3,(H,20,26)(H,22,25). The monoisotopic (exact) mass is 385 g/mol. The molecule has 0 saturated heterocycles. The summed E-state index contributed by atoms with van der Waals surface area (Å²) in [6.07, 6.45) is 2.79. The zero-order valence-corrected chi connectivity index (χ0v) is 15.1. The maximum absolute atomic E-state index is 11.8. The number of nitrogens with zero attached hydrogens (tertiary/aromatic N) is 3. The Bertz CT molecular complexity index is 965. The molecule has 0 bridgehead atoms. The molecule has 9 heteroatoms. The van der Waals surface area contributed by atoms with Gasteiger partial charge in [-0.1, -0.05) is 29.8 Å². The number of hydrazone groups is 1. The average molecular weight is 386 g/mol. The first-order valence-corrected chi connectivity index (χ1v) is 8.38. The summed E-state index contributed by atoms with van der Waals surface area (Å²) < 4.78 is 6.52. The van der Waals surface area contributed by atoms with Gasteiger partial charge in [0.25, 0.3) is 11.8 Å². The fourth-order valence-electron chi connectivity index (χ4n) is 2.26. The minimum atomic E-state index is -0.490. The highest BCUT2D eigenvalue weighted by Gasteiger charge is 2.13. The highest BCUT2D eigenvalue weighted by Crippen LogP contribution is 2.21. The normalized spacial score (nSPS) is 10.9. The lowest BCUT2D eigenvalue weighted by Gasteiger charge is -2.02. The molecule has 1 aromatic carbocycles. The fourth-order valence-corrected chi connectivity index (χ4v) is 2.58. The van der Waals surface area contributed by atoms with E-state index in [-0.39, 0.29) is 12.3 Å². The predicted octanol–water partition coefficient (Wildman–Crippen LogP) is 2.31. The molecule has 0 aliphatic heterocycles. The van der Waals surface area contributed by atoms with Gasteiger partial charge in [-0.3, -0.25) is 9.59 Å². The Hall–Kier alpha value is -3.39. The van der Waals surface area contributed by atoms with Crippen LogP contribution in [0.15, 0.2) is 58.2 Å². The van der Waals surface area contributed by atoms with Crippen molar-refractivity contribution in [2.45, 2.75) is 6.92 Å². The Morgan fingerprint density at radius 1 is 1.26 bits per heavy atom. The molecule has 0 aliphatic carbocycles. The molecule has 8 nitrogen and oxygen atoms in total. The van der Waals surface area contributed by atoms with Gasteiger partial charge in [-0.15, -0.1) is 0 Å². The molecule has 0 atom stereocenters. The molecular formula is C18H16ClN5O3. The number of carbonyl (C=O) groups excluding carboxylic acids is 2. The predicted molar refractivity (Wildman–Crippen MR) is 100 cm³/mol. The Morgan fingerprint density at radius 2 is 2.04 bits per heavy atom. The Morgan fingerprint density at radius 3 is 2.74 bits per heavy atom. The summed E-state index contributed by atoms with van der Waals surface area (Å²) in [5.74, 6) is -0.848. The number of nitrogens with one attached hydrogen (secondary N) is 2. The van der Waals surface area contributed by atoms with Crippen LogP contribution in [0.5, 0.6) is 0 Å². The fraction of sp³-hybridized carbons (Fsp3) is 0.111. The number of carbonyl (C=O) groups is 2. The lowest BCUT2D eigenvalue weighted by Crippen LogP contribution is -2.34. The number of furan rings is 1. The zero-order valence-electron chi connectivity index (χ0n) is 14.3. The SMILES string of the molecule is Cc1nn(-c2ccccc2)c(Cl)c1C=NNC(=O)CNC(=O)c1ccco1. The van der Waals surface area contributed by atoms with E-state index in [1.165, 1.54) is 18.5 Å². The number of aromatic nitrogens is 2. The molecule has 0 aliphatic rings. The van der Waals surface area contributed by atoms with E-state index in [2.05, 4.69) is 20.9 Å². The van der Waals surface area contributed by atoms with E-state index in [0.717, 1.165) is 5.69 Å². The highest BCUT2D eigenvalue weighted by molar-refractivity contribution is 6.32. The number of hydrogen-bond donors (Lipinski definition) is 2. The van der Waals surface area contributed by atoms with Crippen LogP contribution >= 0.6 is 11.6 Å². The molecule has 0 saturated carbocycles. The van der Waals surface area contributed by atoms with E-state index < -0.39 is 11.8 Å². The largest absolute Gasteiger partial charge is 0.459 e. The maximum atomic E-state index is 11.8. The molecule has 138 valence electrons. The minimum Gasteiger partial charge on any atom is -0.459 e. The Balaban J connectivity index is 1.59. The zero-order chi connectivity index (χ0) is 19.2. The van der Waals surface area contributed by atoms with E-state index >= 15 is 0 Å². The molecule has 3 rings (SSSR count). The third-order valence-electron chi connectivity index (χ3n) is 3.59. The van der Waals surface area contributed by atoms with E-state index in [1.807, 2.05) is 30.3 Å². The van der Waals surface area contributed by atoms with Crippen molar-refractivity contribution in [3.63, 3.8) is 0 Å². The molecule has 0 radical (unpaired) electrons. The van der Waals surface area contributed by atoms with Crippen molar-refractivity contribution in [3.8, 4) is 5.69 Å². The van der Waals surface area contributed by atoms with E-state index in [1.54, 1.807) is 17.7 Å². The van der Waals surface area contributed by atoms with Gasteiger partial charge in [-0.25, -0.2) is 10.1 Å². The number of rotatable bonds is 6. The molecule has 0 unspecified atom stereocenters. The average Bonchev–Trinajstić information content (AvgIpc) is 3.31. The summed E-state index contributed by atoms with van der Waals surface area (Å²) in [5, 5.41) is 11.1. The second kappa shape index (κ2) is 8.33. The summed E-state index contributed by atoms with van der Waals surface area (Å²) in [5.41, 5.74) is 4.38. The van der Waals surface area contributed by atoms with Gasteiger partial charge in [0.05, 0.1) is 36.0 Å². The van der Waals surface area contributed by atoms with Crippen LogP contribution in [0.25, 0.3) is 5.69 Å². The van der Waals surface area contributed by atoms with Gasteiger partial charge in [0.2, 0.25) is 0 Å².